The van der Waals surface area contributed by atoms with Gasteiger partial charge in [-0.2, -0.15) is 0 Å². The molecular formula is C14H23N3O7. The Morgan fingerprint density at radius 1 is 1.33 bits per heavy atom. The number of nitrogens with one attached hydrogen (secondary N) is 2. The monoisotopic (exact) mass is 345 g/mol. The summed E-state index contributed by atoms with van der Waals surface area (Å²) < 4.78 is 4.97. The zero-order valence-electron chi connectivity index (χ0n) is 13.5. The van der Waals surface area contributed by atoms with Crippen LogP contribution in [0.3, 0.4) is 0 Å². The molecule has 0 unspecified atom stereocenters. The minimum atomic E-state index is -0.944. The van der Waals surface area contributed by atoms with Crippen molar-refractivity contribution < 1.29 is 34.8 Å². The highest BCUT2D eigenvalue weighted by Crippen LogP contribution is 1.97. The number of aldehydes is 2. The van der Waals surface area contributed by atoms with Crippen LogP contribution in [0, 0.1) is 0 Å². The van der Waals surface area contributed by atoms with Crippen molar-refractivity contribution in [3.8, 4) is 0 Å². The number of aliphatic hydroxyl groups excluding tert-OH is 2. The van der Waals surface area contributed by atoms with Crippen LogP contribution >= 0.6 is 0 Å². The normalized spacial score (nSPS) is 10.5. The summed E-state index contributed by atoms with van der Waals surface area (Å²) in [4.78, 5) is 36.9. The van der Waals surface area contributed by atoms with Crippen LogP contribution in [0.25, 0.3) is 0 Å². The molecule has 0 aliphatic rings. The number of ether oxygens (including phenoxy) is 1. The number of allylic oxidation sites excluding steroid dienone is 2. The lowest BCUT2D eigenvalue weighted by Crippen LogP contribution is -2.30. The number of hydrogen-bond donors (Lipinski definition) is 4. The van der Waals surface area contributed by atoms with Crippen LogP contribution in [0.4, 0.5) is 4.79 Å². The van der Waals surface area contributed by atoms with Gasteiger partial charge >= 0.3 is 6.09 Å². The van der Waals surface area contributed by atoms with E-state index < -0.39 is 11.5 Å². The van der Waals surface area contributed by atoms with Crippen molar-refractivity contribution in [2.24, 2.45) is 0 Å². The zero-order chi connectivity index (χ0) is 17.7. The van der Waals surface area contributed by atoms with Gasteiger partial charge in [0.05, 0.1) is 12.9 Å². The molecule has 0 aliphatic carbocycles. The van der Waals surface area contributed by atoms with Crippen LogP contribution in [-0.2, 0) is 20.7 Å². The van der Waals surface area contributed by atoms with Crippen molar-refractivity contribution in [3.05, 3.63) is 29.7 Å². The second-order valence-electron chi connectivity index (χ2n) is 4.62. The van der Waals surface area contributed by atoms with E-state index in [0.717, 1.165) is 18.5 Å². The Morgan fingerprint density at radius 3 is 2.33 bits per heavy atom. The molecule has 0 saturated carbocycles. The van der Waals surface area contributed by atoms with Crippen LogP contribution in [0.2, 0.25) is 0 Å². The molecule has 0 aromatic carbocycles. The van der Waals surface area contributed by atoms with Gasteiger partial charge in [0.2, 0.25) is 11.5 Å². The fraction of sp³-hybridized carbons (Fsp3) is 0.429. The van der Waals surface area contributed by atoms with Crippen molar-refractivity contribution >= 4 is 18.7 Å². The molecule has 0 bridgehead atoms. The highest BCUT2D eigenvalue weighted by atomic mass is 16.5. The number of aryl methyl sites for hydroxylation is 1. The van der Waals surface area contributed by atoms with E-state index in [9.17, 15) is 14.4 Å². The molecule has 10 nitrogen and oxygen atoms in total. The van der Waals surface area contributed by atoms with E-state index in [-0.39, 0.29) is 30.2 Å². The van der Waals surface area contributed by atoms with Gasteiger partial charge in [0.25, 0.3) is 0 Å². The summed E-state index contributed by atoms with van der Waals surface area (Å²) in [5.41, 5.74) is 1.06. The lowest BCUT2D eigenvalue weighted by molar-refractivity contribution is -0.110. The third kappa shape index (κ3) is 11.7. The summed E-state index contributed by atoms with van der Waals surface area (Å²) >= 11 is 0. The highest BCUT2D eigenvalue weighted by Gasteiger charge is 2.03. The van der Waals surface area contributed by atoms with E-state index in [1.165, 1.54) is 0 Å². The average molecular weight is 345 g/mol. The minimum absolute atomic E-state index is 0. The van der Waals surface area contributed by atoms with Crippen LogP contribution in [0.15, 0.2) is 24.0 Å². The van der Waals surface area contributed by atoms with Gasteiger partial charge in [0, 0.05) is 17.9 Å². The Hall–Kier alpha value is -2.88. The Kier molecular flexibility index (Phi) is 13.4. The molecular weight excluding hydrogens is 322 g/mol. The Labute approximate surface area is 138 Å². The Morgan fingerprint density at radius 2 is 1.92 bits per heavy atom. The zero-order valence-corrected chi connectivity index (χ0v) is 13.5. The van der Waals surface area contributed by atoms with Crippen molar-refractivity contribution in [2.75, 3.05) is 6.61 Å². The Balaban J connectivity index is 0. The lowest BCUT2D eigenvalue weighted by Gasteiger charge is -2.08. The molecule has 1 aromatic rings. The fourth-order valence-corrected chi connectivity index (χ4v) is 1.25. The predicted octanol–water partition coefficient (Wildman–Crippen LogP) is 0.364. The number of aromatic nitrogens is 2. The van der Waals surface area contributed by atoms with Gasteiger partial charge in [-0.15, -0.1) is 0 Å². The summed E-state index contributed by atoms with van der Waals surface area (Å²) in [6, 6.07) is 0.116. The largest absolute Gasteiger partial charge is 0.502 e. The Bertz CT molecular complexity index is 496. The van der Waals surface area contributed by atoms with E-state index in [0.29, 0.717) is 6.61 Å². The molecule has 10 heteroatoms. The predicted molar refractivity (Wildman–Crippen MR) is 84.6 cm³/mol. The number of aliphatic hydroxyl groups is 2. The minimum Gasteiger partial charge on any atom is -0.502 e. The molecule has 6 N–H and O–H groups in total. The molecule has 1 rings (SSSR count). The van der Waals surface area contributed by atoms with Crippen LogP contribution < -0.4 is 5.32 Å². The number of rotatable bonds is 7. The number of carbonyl (C=O) groups is 3. The smallest absolute Gasteiger partial charge is 0.407 e. The number of hydrogen-bond acceptors (Lipinski definition) is 7. The maximum Gasteiger partial charge on any atom is 0.407 e. The van der Waals surface area contributed by atoms with E-state index in [4.69, 9.17) is 14.9 Å². The molecule has 0 aliphatic heterocycles. The molecule has 0 fully saturated rings. The van der Waals surface area contributed by atoms with Crippen molar-refractivity contribution in [2.45, 2.75) is 32.7 Å². The molecule has 1 amide bonds. The number of H-pyrrole nitrogens is 1. The third-order valence-corrected chi connectivity index (χ3v) is 2.27. The van der Waals surface area contributed by atoms with Crippen molar-refractivity contribution in [3.63, 3.8) is 0 Å². The summed E-state index contributed by atoms with van der Waals surface area (Å²) in [6.45, 7) is 4.22. The van der Waals surface area contributed by atoms with E-state index >= 15 is 0 Å². The van der Waals surface area contributed by atoms with E-state index in [1.54, 1.807) is 12.5 Å². The van der Waals surface area contributed by atoms with E-state index in [1.807, 2.05) is 13.8 Å². The second kappa shape index (κ2) is 13.8. The van der Waals surface area contributed by atoms with Crippen LogP contribution in [0.5, 0.6) is 0 Å². The topological polar surface area (TPSA) is 173 Å². The number of aromatic amines is 1. The van der Waals surface area contributed by atoms with Gasteiger partial charge < -0.3 is 30.7 Å². The first-order valence-corrected chi connectivity index (χ1v) is 6.83. The summed E-state index contributed by atoms with van der Waals surface area (Å²) in [5, 5.41) is 19.0. The first kappa shape index (κ1) is 23.4. The summed E-state index contributed by atoms with van der Waals surface area (Å²) in [7, 11) is 0. The molecule has 24 heavy (non-hydrogen) atoms. The van der Waals surface area contributed by atoms with Crippen molar-refractivity contribution in [1.82, 2.24) is 15.3 Å². The van der Waals surface area contributed by atoms with Crippen molar-refractivity contribution in [1.29, 1.82) is 0 Å². The molecule has 0 atom stereocenters. The summed E-state index contributed by atoms with van der Waals surface area (Å²) in [6.07, 6.45) is 4.65. The van der Waals surface area contributed by atoms with Gasteiger partial charge in [0.1, 0.15) is 0 Å². The molecule has 0 radical (unpaired) electrons. The van der Waals surface area contributed by atoms with Crippen LogP contribution in [0.1, 0.15) is 26.0 Å². The van der Waals surface area contributed by atoms with Gasteiger partial charge in [-0.25, -0.2) is 9.78 Å². The maximum atomic E-state index is 11.1. The summed E-state index contributed by atoms with van der Waals surface area (Å²) in [5.74, 6) is -1.89. The van der Waals surface area contributed by atoms with E-state index in [2.05, 4.69) is 15.3 Å². The average Bonchev–Trinajstić information content (AvgIpc) is 3.03. The second-order valence-corrected chi connectivity index (χ2v) is 4.62. The number of alkyl carbamates (subject to hydrolysis) is 1. The maximum absolute atomic E-state index is 11.1. The van der Waals surface area contributed by atoms with Gasteiger partial charge in [-0.05, 0) is 26.7 Å². The van der Waals surface area contributed by atoms with Gasteiger partial charge in [-0.1, -0.05) is 0 Å². The quantitative estimate of drug-likeness (QED) is 0.239. The molecule has 136 valence electrons. The number of amides is 1. The van der Waals surface area contributed by atoms with Crippen LogP contribution in [-0.4, -0.2) is 57.0 Å². The highest BCUT2D eigenvalue weighted by molar-refractivity contribution is 5.81. The molecule has 0 saturated heterocycles. The fourth-order valence-electron chi connectivity index (χ4n) is 1.25. The number of nitrogens with zero attached hydrogens (tertiary/aromatic N) is 1. The molecule has 1 heterocycles. The first-order chi connectivity index (χ1) is 10.9. The standard InChI is InChI=1S/C10H17N3O2.C4H4O4.H2O/c1-8(2)13-10(14)15-5-3-4-9-6-11-7-12-9;5-1-3(7)4(8)2-6;/h6-8H,3-5H2,1-2H3,(H,11,12)(H,13,14);1-2,7-8H;1H2/b;4-3+;. The van der Waals surface area contributed by atoms with Gasteiger partial charge in [0.15, 0.2) is 12.6 Å². The SMILES string of the molecule is CC(C)NC(=O)OCCCc1cnc[nH]1.O.O=C/C(O)=C(\O)C=O. The first-order valence-electron chi connectivity index (χ1n) is 6.83. The van der Waals surface area contributed by atoms with Gasteiger partial charge in [-0.3, -0.25) is 9.59 Å². The number of imidazole rings is 1. The lowest BCUT2D eigenvalue weighted by atomic mass is 10.3. The molecule has 1 aromatic heterocycles. The molecule has 0 spiro atoms. The third-order valence-electron chi connectivity index (χ3n) is 2.27. The number of carbonyl (C=O) groups excluding carboxylic acids is 3.